The number of halogens is 1. The number of hydrogen-bond donors (Lipinski definition) is 2. The molecule has 3 rings (SSSR count). The summed E-state index contributed by atoms with van der Waals surface area (Å²) in [6.45, 7) is 0.944. The molecule has 0 amide bonds. The van der Waals surface area contributed by atoms with Gasteiger partial charge in [0.2, 0.25) is 0 Å². The van der Waals surface area contributed by atoms with E-state index in [2.05, 4.69) is 4.98 Å². The number of benzene rings is 1. The Balaban J connectivity index is 1.69. The lowest BCUT2D eigenvalue weighted by molar-refractivity contribution is -0.0460. The molecule has 2 heterocycles. The highest BCUT2D eigenvalue weighted by atomic mass is 35.5. The SMILES string of the molecule is Cc1cn(C2CC(O)C(COP(=O)(OCCC#N)Oc3ccc(Cl)cc3)O2)c(=O)[nH]c1=O. The number of aryl methyl sites for hydroxylation is 1. The van der Waals surface area contributed by atoms with E-state index in [4.69, 9.17) is 35.2 Å². The minimum absolute atomic E-state index is 0.0387. The second-order valence-corrected chi connectivity index (χ2v) is 8.97. The van der Waals surface area contributed by atoms with Crippen LogP contribution in [0.15, 0.2) is 40.1 Å². The largest absolute Gasteiger partial charge is 0.530 e. The van der Waals surface area contributed by atoms with Gasteiger partial charge in [-0.2, -0.15) is 5.26 Å². The first-order valence-electron chi connectivity index (χ1n) is 9.57. The molecular formula is C19H21ClN3O8P. The highest BCUT2D eigenvalue weighted by molar-refractivity contribution is 7.48. The molecular weight excluding hydrogens is 465 g/mol. The van der Waals surface area contributed by atoms with E-state index < -0.39 is 37.5 Å². The summed E-state index contributed by atoms with van der Waals surface area (Å²) >= 11 is 5.83. The molecule has 0 aliphatic carbocycles. The number of aliphatic hydroxyl groups excluding tert-OH is 1. The summed E-state index contributed by atoms with van der Waals surface area (Å²) in [5.41, 5.74) is -0.899. The average Bonchev–Trinajstić information content (AvgIpc) is 3.11. The Morgan fingerprint density at radius 1 is 1.34 bits per heavy atom. The number of H-pyrrole nitrogens is 1. The third-order valence-electron chi connectivity index (χ3n) is 4.55. The van der Waals surface area contributed by atoms with Gasteiger partial charge in [0.05, 0.1) is 31.8 Å². The van der Waals surface area contributed by atoms with Gasteiger partial charge >= 0.3 is 13.5 Å². The van der Waals surface area contributed by atoms with Crippen LogP contribution in [0.4, 0.5) is 0 Å². The number of nitriles is 1. The zero-order valence-electron chi connectivity index (χ0n) is 17.0. The molecule has 1 aliphatic rings. The number of aromatic nitrogens is 2. The maximum Gasteiger partial charge on any atom is 0.530 e. The van der Waals surface area contributed by atoms with Crippen molar-refractivity contribution in [3.05, 3.63) is 61.9 Å². The van der Waals surface area contributed by atoms with Gasteiger partial charge < -0.3 is 14.4 Å². The van der Waals surface area contributed by atoms with Crippen LogP contribution in [0.25, 0.3) is 0 Å². The number of rotatable bonds is 9. The van der Waals surface area contributed by atoms with Gasteiger partial charge in [-0.25, -0.2) is 9.36 Å². The molecule has 2 aromatic rings. The Morgan fingerprint density at radius 3 is 2.75 bits per heavy atom. The Labute approximate surface area is 187 Å². The molecule has 11 nitrogen and oxygen atoms in total. The van der Waals surface area contributed by atoms with E-state index in [1.54, 1.807) is 0 Å². The zero-order chi connectivity index (χ0) is 23.3. The number of phosphoric ester groups is 1. The number of hydrogen-bond acceptors (Lipinski definition) is 9. The van der Waals surface area contributed by atoms with Crippen LogP contribution in [0, 0.1) is 18.3 Å². The quantitative estimate of drug-likeness (QED) is 0.402. The monoisotopic (exact) mass is 485 g/mol. The van der Waals surface area contributed by atoms with Gasteiger partial charge in [-0.3, -0.25) is 23.4 Å². The van der Waals surface area contributed by atoms with Gasteiger partial charge in [-0.15, -0.1) is 0 Å². The van der Waals surface area contributed by atoms with Crippen LogP contribution >= 0.6 is 19.4 Å². The first-order chi connectivity index (χ1) is 15.2. The fraction of sp³-hybridized carbons (Fsp3) is 0.421. The Kier molecular flexibility index (Phi) is 7.90. The Hall–Kier alpha value is -2.45. The lowest BCUT2D eigenvalue weighted by Crippen LogP contribution is -2.33. The van der Waals surface area contributed by atoms with Crippen molar-refractivity contribution in [2.75, 3.05) is 13.2 Å². The van der Waals surface area contributed by atoms with Crippen LogP contribution in [-0.4, -0.2) is 40.1 Å². The van der Waals surface area contributed by atoms with Crippen LogP contribution in [0.2, 0.25) is 5.02 Å². The van der Waals surface area contributed by atoms with Gasteiger partial charge in [0.1, 0.15) is 18.1 Å². The predicted molar refractivity (Wildman–Crippen MR) is 112 cm³/mol. The first-order valence-corrected chi connectivity index (χ1v) is 11.4. The van der Waals surface area contributed by atoms with Gasteiger partial charge in [0.25, 0.3) is 5.56 Å². The van der Waals surface area contributed by atoms with Crippen molar-refractivity contribution in [3.8, 4) is 11.8 Å². The highest BCUT2D eigenvalue weighted by Crippen LogP contribution is 2.50. The molecule has 4 atom stereocenters. The summed E-state index contributed by atoms with van der Waals surface area (Å²) in [6, 6.07) is 7.83. The number of aliphatic hydroxyl groups is 1. The average molecular weight is 486 g/mol. The second kappa shape index (κ2) is 10.4. The van der Waals surface area contributed by atoms with E-state index in [1.807, 2.05) is 6.07 Å². The smallest absolute Gasteiger partial charge is 0.404 e. The Morgan fingerprint density at radius 2 is 2.06 bits per heavy atom. The van der Waals surface area contributed by atoms with Gasteiger partial charge in [-0.05, 0) is 31.2 Å². The van der Waals surface area contributed by atoms with Crippen LogP contribution in [-0.2, 0) is 18.3 Å². The third-order valence-corrected chi connectivity index (χ3v) is 6.20. The maximum absolute atomic E-state index is 13.1. The molecule has 2 N–H and O–H groups in total. The molecule has 0 radical (unpaired) electrons. The summed E-state index contributed by atoms with van der Waals surface area (Å²) in [6.07, 6.45) is -1.55. The van der Waals surface area contributed by atoms with E-state index in [-0.39, 0.29) is 31.8 Å². The molecule has 1 aromatic heterocycles. The van der Waals surface area contributed by atoms with Crippen LogP contribution in [0.3, 0.4) is 0 Å². The molecule has 1 saturated heterocycles. The molecule has 172 valence electrons. The van der Waals surface area contributed by atoms with E-state index in [0.717, 1.165) is 4.57 Å². The summed E-state index contributed by atoms with van der Waals surface area (Å²) in [4.78, 5) is 25.8. The lowest BCUT2D eigenvalue weighted by Gasteiger charge is -2.21. The Bertz CT molecular complexity index is 1140. The van der Waals surface area contributed by atoms with Crippen molar-refractivity contribution in [3.63, 3.8) is 0 Å². The third kappa shape index (κ3) is 6.07. The molecule has 13 heteroatoms. The van der Waals surface area contributed by atoms with Crippen molar-refractivity contribution in [2.45, 2.75) is 38.2 Å². The molecule has 1 aromatic carbocycles. The van der Waals surface area contributed by atoms with Crippen molar-refractivity contribution >= 4 is 19.4 Å². The fourth-order valence-electron chi connectivity index (χ4n) is 2.92. The normalized spacial score (nSPS) is 22.2. The number of nitrogens with zero attached hydrogens (tertiary/aromatic N) is 2. The van der Waals surface area contributed by atoms with Crippen molar-refractivity contribution in [2.24, 2.45) is 0 Å². The van der Waals surface area contributed by atoms with Gasteiger partial charge in [0, 0.05) is 23.2 Å². The van der Waals surface area contributed by atoms with Crippen LogP contribution in [0.1, 0.15) is 24.6 Å². The summed E-state index contributed by atoms with van der Waals surface area (Å²) in [7, 11) is -4.18. The number of ether oxygens (including phenoxy) is 1. The van der Waals surface area contributed by atoms with Gasteiger partial charge in [0.15, 0.2) is 0 Å². The van der Waals surface area contributed by atoms with E-state index >= 15 is 0 Å². The first kappa shape index (κ1) is 24.2. The molecule has 32 heavy (non-hydrogen) atoms. The number of aromatic amines is 1. The van der Waals surface area contributed by atoms with Crippen LogP contribution in [0.5, 0.6) is 5.75 Å². The maximum atomic E-state index is 13.1. The fourth-order valence-corrected chi connectivity index (χ4v) is 4.25. The molecule has 1 aliphatic heterocycles. The van der Waals surface area contributed by atoms with E-state index in [1.165, 1.54) is 37.4 Å². The number of nitrogens with one attached hydrogen (secondary N) is 1. The predicted octanol–water partition coefficient (Wildman–Crippen LogP) is 2.28. The molecule has 0 bridgehead atoms. The molecule has 0 saturated carbocycles. The minimum atomic E-state index is -4.18. The van der Waals surface area contributed by atoms with Crippen molar-refractivity contribution < 1.29 is 28.0 Å². The van der Waals surface area contributed by atoms with Crippen molar-refractivity contribution in [1.82, 2.24) is 9.55 Å². The summed E-state index contributed by atoms with van der Waals surface area (Å²) in [5, 5.41) is 19.5. The molecule has 4 unspecified atom stereocenters. The molecule has 0 spiro atoms. The summed E-state index contributed by atoms with van der Waals surface area (Å²) < 4.78 is 35.8. The lowest BCUT2D eigenvalue weighted by atomic mass is 10.2. The minimum Gasteiger partial charge on any atom is -0.404 e. The number of phosphoric acid groups is 1. The standard InChI is InChI=1S/C19H21ClN3O8P/c1-12-10-23(19(26)22-18(12)25)17-9-15(24)16(30-17)11-29-32(27,28-8-2-7-21)31-14-5-3-13(20)4-6-14/h3-6,10,15-17,24H,2,8-9,11H2,1H3,(H,22,25,26). The van der Waals surface area contributed by atoms with E-state index in [9.17, 15) is 19.3 Å². The van der Waals surface area contributed by atoms with Crippen LogP contribution < -0.4 is 15.8 Å². The highest BCUT2D eigenvalue weighted by Gasteiger charge is 2.39. The van der Waals surface area contributed by atoms with Gasteiger partial charge in [-0.1, -0.05) is 11.6 Å². The molecule has 1 fully saturated rings. The topological polar surface area (TPSA) is 153 Å². The van der Waals surface area contributed by atoms with Crippen molar-refractivity contribution in [1.29, 1.82) is 5.26 Å². The summed E-state index contributed by atoms with van der Waals surface area (Å²) in [5.74, 6) is 0.163. The second-order valence-electron chi connectivity index (χ2n) is 6.94. The van der Waals surface area contributed by atoms with E-state index in [0.29, 0.717) is 10.6 Å². The zero-order valence-corrected chi connectivity index (χ0v) is 18.6.